The fourth-order valence-corrected chi connectivity index (χ4v) is 9.81. The second kappa shape index (κ2) is 9.79. The predicted octanol–water partition coefficient (Wildman–Crippen LogP) is 5.78. The number of sulfonamides is 1. The Morgan fingerprint density at radius 3 is 2.05 bits per heavy atom. The van der Waals surface area contributed by atoms with Crippen LogP contribution in [0.5, 0.6) is 5.75 Å². The van der Waals surface area contributed by atoms with E-state index in [1.165, 1.54) is 0 Å². The van der Waals surface area contributed by atoms with E-state index >= 15 is 4.39 Å². The Labute approximate surface area is 230 Å². The average molecular weight is 634 g/mol. The van der Waals surface area contributed by atoms with E-state index in [1.807, 2.05) is 0 Å². The van der Waals surface area contributed by atoms with Crippen molar-refractivity contribution in [2.24, 2.45) is 11.8 Å². The van der Waals surface area contributed by atoms with Gasteiger partial charge in [0.05, 0.1) is 22.6 Å². The van der Waals surface area contributed by atoms with E-state index < -0.39 is 101 Å². The molecule has 2 saturated carbocycles. The average Bonchev–Trinajstić information content (AvgIpc) is 3.73. The van der Waals surface area contributed by atoms with Crippen LogP contribution in [-0.2, 0) is 30.8 Å². The van der Waals surface area contributed by atoms with E-state index in [-0.39, 0.29) is 36.4 Å². The topological polar surface area (TPSA) is 80.8 Å². The van der Waals surface area contributed by atoms with E-state index in [1.54, 1.807) is 0 Å². The summed E-state index contributed by atoms with van der Waals surface area (Å²) in [5.74, 6) is -5.50. The van der Waals surface area contributed by atoms with Gasteiger partial charge in [-0.2, -0.15) is 30.6 Å². The number of nitrogens with zero attached hydrogens (tertiary/aromatic N) is 1. The van der Waals surface area contributed by atoms with E-state index in [2.05, 4.69) is 0 Å². The van der Waals surface area contributed by atoms with Gasteiger partial charge in [-0.05, 0) is 68.0 Å². The molecule has 3 aliphatic rings. The molecule has 0 unspecified atom stereocenters. The predicted molar refractivity (Wildman–Crippen MR) is 128 cm³/mol. The fraction of sp³-hybridized carbons (Fsp3) is 0.520. The molecule has 226 valence electrons. The Kier molecular flexibility index (Phi) is 7.17. The Balaban J connectivity index is 1.67. The quantitative estimate of drug-likeness (QED) is 0.377. The molecule has 1 aliphatic heterocycles. The number of ether oxygens (including phenoxy) is 1. The summed E-state index contributed by atoms with van der Waals surface area (Å²) in [4.78, 5) is -0.644. The zero-order chi connectivity index (χ0) is 30.2. The molecule has 3 atom stereocenters. The Morgan fingerprint density at radius 2 is 1.49 bits per heavy atom. The summed E-state index contributed by atoms with van der Waals surface area (Å²) in [7, 11) is -10.7. The molecule has 0 radical (unpaired) electrons. The van der Waals surface area contributed by atoms with Crippen molar-refractivity contribution in [3.63, 3.8) is 0 Å². The summed E-state index contributed by atoms with van der Waals surface area (Å²) < 4.78 is 167. The number of sulfone groups is 1. The minimum atomic E-state index is -5.81. The van der Waals surface area contributed by atoms with Crippen molar-refractivity contribution < 1.29 is 56.7 Å². The molecule has 0 amide bonds. The highest BCUT2D eigenvalue weighted by Gasteiger charge is 2.62. The van der Waals surface area contributed by atoms with Crippen molar-refractivity contribution in [1.82, 2.24) is 4.31 Å². The summed E-state index contributed by atoms with van der Waals surface area (Å²) >= 11 is 0. The number of rotatable bonds is 6. The van der Waals surface area contributed by atoms with Gasteiger partial charge in [-0.1, -0.05) is 6.42 Å². The Morgan fingerprint density at radius 1 is 0.878 bits per heavy atom. The SMILES string of the molecule is O=S(=O)(N(C[C@@H]1CCC[C@@]2(S(=O)(=O)c3ccc(C(F)(F)F)cc3)c3c(F)ccc(F)c3OC[C@@H]12)C1CC1)C(F)(F)F. The van der Waals surface area contributed by atoms with Gasteiger partial charge in [-0.25, -0.2) is 25.6 Å². The third-order valence-corrected chi connectivity index (χ3v) is 12.3. The van der Waals surface area contributed by atoms with Crippen LogP contribution in [0.2, 0.25) is 0 Å². The van der Waals surface area contributed by atoms with Crippen LogP contribution >= 0.6 is 0 Å². The second-order valence-electron chi connectivity index (χ2n) is 10.5. The summed E-state index contributed by atoms with van der Waals surface area (Å²) in [5, 5.41) is 0. The normalized spacial score (nSPS) is 25.4. The third kappa shape index (κ3) is 4.79. The maximum absolute atomic E-state index is 15.5. The van der Waals surface area contributed by atoms with Crippen LogP contribution in [0.1, 0.15) is 43.2 Å². The zero-order valence-electron chi connectivity index (χ0n) is 21.0. The molecule has 5 rings (SSSR count). The molecule has 2 aromatic rings. The lowest BCUT2D eigenvalue weighted by Crippen LogP contribution is -2.56. The highest BCUT2D eigenvalue weighted by atomic mass is 32.2. The van der Waals surface area contributed by atoms with Gasteiger partial charge in [-0.3, -0.25) is 0 Å². The summed E-state index contributed by atoms with van der Waals surface area (Å²) in [6.45, 7) is -1.36. The first-order valence-corrected chi connectivity index (χ1v) is 15.5. The molecule has 0 bridgehead atoms. The van der Waals surface area contributed by atoms with Crippen molar-refractivity contribution in [3.8, 4) is 5.75 Å². The van der Waals surface area contributed by atoms with Crippen LogP contribution in [-0.4, -0.2) is 45.8 Å². The number of benzene rings is 2. The van der Waals surface area contributed by atoms with Crippen molar-refractivity contribution >= 4 is 19.9 Å². The van der Waals surface area contributed by atoms with E-state index in [0.717, 1.165) is 0 Å². The van der Waals surface area contributed by atoms with Crippen LogP contribution in [0.25, 0.3) is 0 Å². The number of fused-ring (bicyclic) bond motifs is 3. The van der Waals surface area contributed by atoms with Gasteiger partial charge < -0.3 is 4.74 Å². The van der Waals surface area contributed by atoms with Gasteiger partial charge in [0.1, 0.15) is 10.6 Å². The van der Waals surface area contributed by atoms with Crippen LogP contribution in [0.15, 0.2) is 41.3 Å². The lowest BCUT2D eigenvalue weighted by Gasteiger charge is -2.51. The maximum atomic E-state index is 15.5. The largest absolute Gasteiger partial charge is 0.511 e. The molecule has 2 aliphatic carbocycles. The smallest absolute Gasteiger partial charge is 0.490 e. The molecule has 6 nitrogen and oxygen atoms in total. The standard InChI is InChI=1S/C25H23F8NO5S2/c26-19-9-10-20(27)22-21(19)23(40(35,36)17-7-3-15(4-8-17)24(28,29)30)11-1-2-14(18(23)13-39-22)12-34(16-5-6-16)41(37,38)25(31,32)33/h3-4,7-10,14,16,18H,1-2,5-6,11-13H2/t14-,18-,23-/m0/s1. The molecule has 2 aromatic carbocycles. The number of hydrogen-bond donors (Lipinski definition) is 0. The van der Waals surface area contributed by atoms with Gasteiger partial charge >= 0.3 is 21.7 Å². The fourth-order valence-electron chi connectivity index (χ4n) is 6.11. The highest BCUT2D eigenvalue weighted by Crippen LogP contribution is 2.58. The van der Waals surface area contributed by atoms with Crippen molar-refractivity contribution in [3.05, 3.63) is 59.2 Å². The van der Waals surface area contributed by atoms with E-state index in [4.69, 9.17) is 4.74 Å². The van der Waals surface area contributed by atoms with Crippen LogP contribution < -0.4 is 4.74 Å². The summed E-state index contributed by atoms with van der Waals surface area (Å²) in [5.41, 5.74) is -7.50. The van der Waals surface area contributed by atoms with Gasteiger partial charge in [0.2, 0.25) is 0 Å². The summed E-state index contributed by atoms with van der Waals surface area (Å²) in [6.07, 6.45) is -4.84. The molecule has 16 heteroatoms. The number of halogens is 8. The van der Waals surface area contributed by atoms with Crippen molar-refractivity contribution in [1.29, 1.82) is 0 Å². The van der Waals surface area contributed by atoms with Gasteiger partial charge in [0, 0.05) is 18.5 Å². The molecular formula is C25H23F8NO5S2. The monoisotopic (exact) mass is 633 g/mol. The molecule has 41 heavy (non-hydrogen) atoms. The molecule has 2 fully saturated rings. The first-order valence-electron chi connectivity index (χ1n) is 12.5. The van der Waals surface area contributed by atoms with Gasteiger partial charge in [-0.15, -0.1) is 0 Å². The van der Waals surface area contributed by atoms with Crippen LogP contribution in [0.3, 0.4) is 0 Å². The molecule has 0 saturated heterocycles. The Hall–Kier alpha value is -2.46. The molecular weight excluding hydrogens is 610 g/mol. The van der Waals surface area contributed by atoms with Gasteiger partial charge in [0.15, 0.2) is 21.4 Å². The molecule has 0 N–H and O–H groups in total. The van der Waals surface area contributed by atoms with Gasteiger partial charge in [0.25, 0.3) is 0 Å². The lowest BCUT2D eigenvalue weighted by molar-refractivity contribution is -0.137. The second-order valence-corrected chi connectivity index (χ2v) is 14.6. The number of hydrogen-bond acceptors (Lipinski definition) is 5. The summed E-state index contributed by atoms with van der Waals surface area (Å²) in [6, 6.07) is 2.82. The van der Waals surface area contributed by atoms with E-state index in [9.17, 15) is 47.6 Å². The Bertz CT molecular complexity index is 1550. The minimum Gasteiger partial charge on any atom is -0.490 e. The third-order valence-electron chi connectivity index (χ3n) is 8.12. The maximum Gasteiger partial charge on any atom is 0.511 e. The molecule has 1 heterocycles. The first kappa shape index (κ1) is 30.0. The lowest BCUT2D eigenvalue weighted by atomic mass is 9.67. The van der Waals surface area contributed by atoms with Crippen LogP contribution in [0, 0.1) is 23.5 Å². The van der Waals surface area contributed by atoms with Crippen molar-refractivity contribution in [2.45, 2.75) is 59.5 Å². The molecule has 0 spiro atoms. The van der Waals surface area contributed by atoms with Crippen molar-refractivity contribution in [2.75, 3.05) is 13.2 Å². The first-order chi connectivity index (χ1) is 18.9. The highest BCUT2D eigenvalue weighted by molar-refractivity contribution is 7.92. The zero-order valence-corrected chi connectivity index (χ0v) is 22.6. The minimum absolute atomic E-state index is 0.0407. The number of alkyl halides is 6. The molecule has 0 aromatic heterocycles. The van der Waals surface area contributed by atoms with Crippen LogP contribution in [0.4, 0.5) is 35.1 Å². The van der Waals surface area contributed by atoms with E-state index in [0.29, 0.717) is 36.4 Å².